The minimum atomic E-state index is -4.51. The van der Waals surface area contributed by atoms with Crippen LogP contribution in [0.15, 0.2) is 12.2 Å². The summed E-state index contributed by atoms with van der Waals surface area (Å²) < 4.78 is 34.4. The van der Waals surface area contributed by atoms with E-state index in [4.69, 9.17) is 18.5 Å². The third-order valence-corrected chi connectivity index (χ3v) is 10.5. The molecular formula is C43H86NO7P. The monoisotopic (exact) mass is 760 g/mol. The number of carbonyl (C=O) groups is 1. The zero-order valence-corrected chi connectivity index (χ0v) is 35.9. The molecule has 2 unspecified atom stereocenters. The smallest absolute Gasteiger partial charge is 0.306 e. The number of phosphoric ester groups is 1. The van der Waals surface area contributed by atoms with Gasteiger partial charge in [0.2, 0.25) is 0 Å². The summed E-state index contributed by atoms with van der Waals surface area (Å²) in [6.45, 7) is 5.40. The van der Waals surface area contributed by atoms with Crippen molar-refractivity contribution in [3.05, 3.63) is 12.2 Å². The van der Waals surface area contributed by atoms with Gasteiger partial charge in [0.15, 0.2) is 0 Å². The minimum absolute atomic E-state index is 0.0288. The molecule has 0 saturated carbocycles. The number of esters is 1. The van der Waals surface area contributed by atoms with Gasteiger partial charge in [0.05, 0.1) is 34.4 Å². The minimum Gasteiger partial charge on any atom is -0.756 e. The van der Waals surface area contributed by atoms with Gasteiger partial charge in [-0.2, -0.15) is 0 Å². The largest absolute Gasteiger partial charge is 0.756 e. The van der Waals surface area contributed by atoms with Crippen molar-refractivity contribution in [2.75, 3.05) is 54.1 Å². The summed E-state index contributed by atoms with van der Waals surface area (Å²) in [4.78, 5) is 24.9. The Morgan fingerprint density at radius 3 is 1.46 bits per heavy atom. The number of ether oxygens (including phenoxy) is 2. The molecule has 0 aliphatic carbocycles. The van der Waals surface area contributed by atoms with Gasteiger partial charge in [-0.05, 0) is 38.5 Å². The maximum absolute atomic E-state index is 12.6. The molecule has 0 heterocycles. The molecule has 0 bridgehead atoms. The topological polar surface area (TPSA) is 94.1 Å². The summed E-state index contributed by atoms with van der Waals surface area (Å²) in [7, 11) is 1.36. The Morgan fingerprint density at radius 1 is 0.577 bits per heavy atom. The van der Waals surface area contributed by atoms with E-state index in [2.05, 4.69) is 26.0 Å². The van der Waals surface area contributed by atoms with Crippen molar-refractivity contribution < 1.29 is 37.3 Å². The normalized spacial score (nSPS) is 13.9. The number of allylic oxidation sites excluding steroid dienone is 2. The van der Waals surface area contributed by atoms with Crippen LogP contribution in [0.3, 0.4) is 0 Å². The maximum Gasteiger partial charge on any atom is 0.306 e. The van der Waals surface area contributed by atoms with Gasteiger partial charge < -0.3 is 27.9 Å². The fraction of sp³-hybridized carbons (Fsp3) is 0.930. The van der Waals surface area contributed by atoms with E-state index >= 15 is 0 Å². The van der Waals surface area contributed by atoms with E-state index in [0.717, 1.165) is 32.1 Å². The zero-order valence-electron chi connectivity index (χ0n) is 35.0. The second-order valence-corrected chi connectivity index (χ2v) is 17.5. The molecule has 0 radical (unpaired) electrons. The van der Waals surface area contributed by atoms with Crippen molar-refractivity contribution in [2.45, 2.75) is 206 Å². The van der Waals surface area contributed by atoms with Crippen molar-refractivity contribution in [2.24, 2.45) is 0 Å². The number of rotatable bonds is 41. The number of carbonyl (C=O) groups excluding carboxylic acids is 1. The third-order valence-electron chi connectivity index (χ3n) is 9.57. The number of unbranched alkanes of at least 4 members (excludes halogenated alkanes) is 25. The molecule has 8 nitrogen and oxygen atoms in total. The second-order valence-electron chi connectivity index (χ2n) is 16.1. The molecule has 0 N–H and O–H groups in total. The van der Waals surface area contributed by atoms with Crippen molar-refractivity contribution in [1.29, 1.82) is 0 Å². The van der Waals surface area contributed by atoms with Crippen LogP contribution < -0.4 is 4.89 Å². The molecule has 0 aromatic rings. The van der Waals surface area contributed by atoms with Gasteiger partial charge in [-0.25, -0.2) is 0 Å². The van der Waals surface area contributed by atoms with Gasteiger partial charge in [0.1, 0.15) is 19.3 Å². The summed E-state index contributed by atoms with van der Waals surface area (Å²) in [6, 6.07) is 0. The van der Waals surface area contributed by atoms with Crippen LogP contribution in [0, 0.1) is 0 Å². The van der Waals surface area contributed by atoms with Crippen molar-refractivity contribution >= 4 is 13.8 Å². The molecular weight excluding hydrogens is 673 g/mol. The Morgan fingerprint density at radius 2 is 1.00 bits per heavy atom. The Balaban J connectivity index is 4.00. The number of likely N-dealkylation sites (N-methyl/N-ethyl adjacent to an activating group) is 1. The van der Waals surface area contributed by atoms with Crippen LogP contribution in [0.25, 0.3) is 0 Å². The molecule has 9 heteroatoms. The number of hydrogen-bond acceptors (Lipinski definition) is 7. The molecule has 0 aromatic heterocycles. The van der Waals surface area contributed by atoms with Crippen LogP contribution >= 0.6 is 7.82 Å². The summed E-state index contributed by atoms with van der Waals surface area (Å²) in [5, 5.41) is 0. The lowest BCUT2D eigenvalue weighted by atomic mass is 10.0. The van der Waals surface area contributed by atoms with Crippen molar-refractivity contribution in [3.63, 3.8) is 0 Å². The van der Waals surface area contributed by atoms with Gasteiger partial charge in [0, 0.05) is 13.0 Å². The second kappa shape index (κ2) is 37.2. The van der Waals surface area contributed by atoms with E-state index in [9.17, 15) is 14.3 Å². The molecule has 0 amide bonds. The summed E-state index contributed by atoms with van der Waals surface area (Å²) in [6.07, 6.45) is 39.6. The van der Waals surface area contributed by atoms with Gasteiger partial charge in [-0.15, -0.1) is 0 Å². The van der Waals surface area contributed by atoms with Crippen LogP contribution in [0.1, 0.15) is 200 Å². The van der Waals surface area contributed by atoms with Crippen LogP contribution in [-0.4, -0.2) is 70.7 Å². The highest BCUT2D eigenvalue weighted by molar-refractivity contribution is 7.45. The summed E-state index contributed by atoms with van der Waals surface area (Å²) >= 11 is 0. The van der Waals surface area contributed by atoms with Crippen LogP contribution in [0.4, 0.5) is 0 Å². The van der Waals surface area contributed by atoms with E-state index in [1.165, 1.54) is 148 Å². The third kappa shape index (κ3) is 40.4. The molecule has 52 heavy (non-hydrogen) atoms. The fourth-order valence-corrected chi connectivity index (χ4v) is 6.86. The summed E-state index contributed by atoms with van der Waals surface area (Å²) in [5.74, 6) is -0.334. The lowest BCUT2D eigenvalue weighted by molar-refractivity contribution is -0.870. The van der Waals surface area contributed by atoms with Crippen LogP contribution in [0.2, 0.25) is 0 Å². The number of nitrogens with zero attached hydrogens (tertiary/aromatic N) is 1. The van der Waals surface area contributed by atoms with Gasteiger partial charge >= 0.3 is 5.97 Å². The number of phosphoric acid groups is 1. The van der Waals surface area contributed by atoms with Gasteiger partial charge in [-0.3, -0.25) is 9.36 Å². The highest BCUT2D eigenvalue weighted by Gasteiger charge is 2.20. The molecule has 0 rings (SSSR count). The molecule has 0 aromatic carbocycles. The Hall–Kier alpha value is -0.760. The number of quaternary nitrogens is 1. The Bertz CT molecular complexity index is 848. The first-order valence-electron chi connectivity index (χ1n) is 21.9. The molecule has 0 aliphatic rings. The van der Waals surface area contributed by atoms with Crippen molar-refractivity contribution in [1.82, 2.24) is 0 Å². The van der Waals surface area contributed by atoms with E-state index in [1.54, 1.807) is 0 Å². The van der Waals surface area contributed by atoms with Crippen LogP contribution in [0.5, 0.6) is 0 Å². The Kier molecular flexibility index (Phi) is 36.6. The molecule has 0 saturated heterocycles. The van der Waals surface area contributed by atoms with E-state index in [0.29, 0.717) is 24.1 Å². The molecule has 310 valence electrons. The standard InChI is InChI=1S/C43H86NO7P/c1-6-8-10-12-14-15-16-17-18-19-20-21-22-23-24-25-26-27-28-29-30-32-34-36-43(45)51-42(40-48-38-35-33-31-13-11-9-7-2)41-50-52(46,47)49-39-37-44(3,4)5/h19-20,42H,6-18,21-41H2,1-5H3/b20-19-. The maximum atomic E-state index is 12.6. The van der Waals surface area contributed by atoms with Gasteiger partial charge in [0.25, 0.3) is 7.82 Å². The van der Waals surface area contributed by atoms with E-state index in [-0.39, 0.29) is 25.8 Å². The molecule has 0 aliphatic heterocycles. The highest BCUT2D eigenvalue weighted by atomic mass is 31.2. The number of hydrogen-bond donors (Lipinski definition) is 0. The first kappa shape index (κ1) is 51.2. The fourth-order valence-electron chi connectivity index (χ4n) is 6.13. The first-order chi connectivity index (χ1) is 25.1. The van der Waals surface area contributed by atoms with Crippen LogP contribution in [-0.2, 0) is 27.9 Å². The first-order valence-corrected chi connectivity index (χ1v) is 23.4. The van der Waals surface area contributed by atoms with Crippen molar-refractivity contribution in [3.8, 4) is 0 Å². The van der Waals surface area contributed by atoms with E-state index in [1.807, 2.05) is 21.1 Å². The average molecular weight is 760 g/mol. The lowest BCUT2D eigenvalue weighted by Crippen LogP contribution is -2.37. The summed E-state index contributed by atoms with van der Waals surface area (Å²) in [5.41, 5.74) is 0. The highest BCUT2D eigenvalue weighted by Crippen LogP contribution is 2.38. The predicted octanol–water partition coefficient (Wildman–Crippen LogP) is 12.0. The predicted molar refractivity (Wildman–Crippen MR) is 217 cm³/mol. The SMILES string of the molecule is CCCCCCCCCC/C=C\CCCCCCCCCCCCCC(=O)OC(COCCCCCCCCC)COP(=O)([O-])OCC[N+](C)(C)C. The molecule has 0 spiro atoms. The molecule has 2 atom stereocenters. The quantitative estimate of drug-likeness (QED) is 0.0201. The van der Waals surface area contributed by atoms with Gasteiger partial charge in [-0.1, -0.05) is 167 Å². The molecule has 0 fully saturated rings. The average Bonchev–Trinajstić information content (AvgIpc) is 3.09. The lowest BCUT2D eigenvalue weighted by Gasteiger charge is -2.28. The Labute approximate surface area is 322 Å². The zero-order chi connectivity index (χ0) is 38.4. The van der Waals surface area contributed by atoms with E-state index < -0.39 is 13.9 Å².